The van der Waals surface area contributed by atoms with Crippen molar-refractivity contribution < 1.29 is 0 Å². The minimum Gasteiger partial charge on any atom is -0.353 e. The molecule has 1 unspecified atom stereocenters. The molecule has 1 saturated carbocycles. The topological polar surface area (TPSA) is 29.9 Å². The zero-order valence-electron chi connectivity index (χ0n) is 10.1. The van der Waals surface area contributed by atoms with Crippen LogP contribution in [0.5, 0.6) is 0 Å². The first-order chi connectivity index (χ1) is 6.98. The largest absolute Gasteiger partial charge is 0.353 e. The number of rotatable bonds is 3. The van der Waals surface area contributed by atoms with Gasteiger partial charge in [-0.15, -0.1) is 0 Å². The van der Waals surface area contributed by atoms with E-state index in [1.165, 1.54) is 12.8 Å². The summed E-state index contributed by atoms with van der Waals surface area (Å²) in [7, 11) is 0. The molecular weight excluding hydrogens is 186 g/mol. The van der Waals surface area contributed by atoms with Crippen LogP contribution < -0.4 is 5.32 Å². The molecule has 1 aliphatic rings. The summed E-state index contributed by atoms with van der Waals surface area (Å²) < 4.78 is 2.25. The molecule has 1 aromatic rings. The SMILES string of the molecule is CC(n1ccnc1NC1CC1)C(C)(C)C. The van der Waals surface area contributed by atoms with Crippen LogP contribution in [0.25, 0.3) is 0 Å². The molecule has 0 saturated heterocycles. The molecule has 84 valence electrons. The Labute approximate surface area is 91.9 Å². The predicted molar refractivity (Wildman–Crippen MR) is 63.0 cm³/mol. The summed E-state index contributed by atoms with van der Waals surface area (Å²) in [5.74, 6) is 1.03. The number of hydrogen-bond donors (Lipinski definition) is 1. The summed E-state index contributed by atoms with van der Waals surface area (Å²) in [4.78, 5) is 4.38. The Hall–Kier alpha value is -0.990. The van der Waals surface area contributed by atoms with Gasteiger partial charge < -0.3 is 9.88 Å². The van der Waals surface area contributed by atoms with E-state index in [1.807, 2.05) is 6.20 Å². The lowest BCUT2D eigenvalue weighted by atomic mass is 9.88. The van der Waals surface area contributed by atoms with E-state index in [1.54, 1.807) is 0 Å². The van der Waals surface area contributed by atoms with Crippen LogP contribution in [0.3, 0.4) is 0 Å². The predicted octanol–water partition coefficient (Wildman–Crippen LogP) is 3.06. The Morgan fingerprint density at radius 2 is 2.13 bits per heavy atom. The zero-order valence-corrected chi connectivity index (χ0v) is 10.1. The van der Waals surface area contributed by atoms with Crippen molar-refractivity contribution in [3.05, 3.63) is 12.4 Å². The van der Waals surface area contributed by atoms with Crippen LogP contribution >= 0.6 is 0 Å². The third-order valence-corrected chi connectivity index (χ3v) is 3.25. The highest BCUT2D eigenvalue weighted by Gasteiger charge is 2.26. The van der Waals surface area contributed by atoms with Gasteiger partial charge in [0.05, 0.1) is 0 Å². The molecule has 3 nitrogen and oxygen atoms in total. The fraction of sp³-hybridized carbons (Fsp3) is 0.750. The van der Waals surface area contributed by atoms with Crippen LogP contribution in [0.4, 0.5) is 5.95 Å². The molecule has 0 aliphatic heterocycles. The summed E-state index contributed by atoms with van der Waals surface area (Å²) in [6.45, 7) is 9.04. The van der Waals surface area contributed by atoms with E-state index < -0.39 is 0 Å². The Morgan fingerprint density at radius 3 is 2.67 bits per heavy atom. The second kappa shape index (κ2) is 3.54. The molecule has 0 amide bonds. The molecule has 1 heterocycles. The van der Waals surface area contributed by atoms with E-state index in [0.717, 1.165) is 5.95 Å². The van der Waals surface area contributed by atoms with E-state index in [9.17, 15) is 0 Å². The van der Waals surface area contributed by atoms with Gasteiger partial charge in [0, 0.05) is 24.5 Å². The number of nitrogens with one attached hydrogen (secondary N) is 1. The Balaban J connectivity index is 2.15. The van der Waals surface area contributed by atoms with Gasteiger partial charge in [-0.2, -0.15) is 0 Å². The summed E-state index contributed by atoms with van der Waals surface area (Å²) in [6.07, 6.45) is 6.53. The van der Waals surface area contributed by atoms with Gasteiger partial charge >= 0.3 is 0 Å². The van der Waals surface area contributed by atoms with E-state index in [2.05, 4.69) is 48.8 Å². The normalized spacial score (nSPS) is 18.9. The molecular formula is C12H21N3. The van der Waals surface area contributed by atoms with Crippen molar-refractivity contribution in [2.75, 3.05) is 5.32 Å². The third kappa shape index (κ3) is 2.33. The van der Waals surface area contributed by atoms with Crippen molar-refractivity contribution in [1.29, 1.82) is 0 Å². The number of aromatic nitrogens is 2. The number of anilines is 1. The van der Waals surface area contributed by atoms with Gasteiger partial charge in [-0.25, -0.2) is 4.98 Å². The van der Waals surface area contributed by atoms with E-state index in [0.29, 0.717) is 12.1 Å². The van der Waals surface area contributed by atoms with Crippen LogP contribution in [0, 0.1) is 5.41 Å². The maximum Gasteiger partial charge on any atom is 0.203 e. The highest BCUT2D eigenvalue weighted by Crippen LogP contribution is 2.33. The molecule has 1 fully saturated rings. The Bertz CT molecular complexity index is 331. The van der Waals surface area contributed by atoms with Gasteiger partial charge in [-0.3, -0.25) is 0 Å². The Morgan fingerprint density at radius 1 is 1.47 bits per heavy atom. The summed E-state index contributed by atoms with van der Waals surface area (Å²) in [5, 5.41) is 3.47. The van der Waals surface area contributed by atoms with Gasteiger partial charge in [0.2, 0.25) is 5.95 Å². The van der Waals surface area contributed by atoms with Crippen molar-refractivity contribution in [2.45, 2.75) is 52.6 Å². The minimum absolute atomic E-state index is 0.265. The number of nitrogens with zero attached hydrogens (tertiary/aromatic N) is 2. The standard InChI is InChI=1S/C12H21N3/c1-9(12(2,3)4)15-8-7-13-11(15)14-10-5-6-10/h7-10H,5-6H2,1-4H3,(H,13,14). The zero-order chi connectivity index (χ0) is 11.1. The van der Waals surface area contributed by atoms with Gasteiger partial charge in [0.15, 0.2) is 0 Å². The molecule has 2 rings (SSSR count). The van der Waals surface area contributed by atoms with Gasteiger partial charge in [0.1, 0.15) is 0 Å². The fourth-order valence-corrected chi connectivity index (χ4v) is 1.56. The van der Waals surface area contributed by atoms with Gasteiger partial charge in [-0.05, 0) is 25.2 Å². The van der Waals surface area contributed by atoms with Gasteiger partial charge in [0.25, 0.3) is 0 Å². The molecule has 1 atom stereocenters. The van der Waals surface area contributed by atoms with Crippen molar-refractivity contribution in [2.24, 2.45) is 5.41 Å². The average molecular weight is 207 g/mol. The second-order valence-electron chi connectivity index (χ2n) is 5.62. The van der Waals surface area contributed by atoms with Crippen LogP contribution in [-0.4, -0.2) is 15.6 Å². The summed E-state index contributed by atoms with van der Waals surface area (Å²) in [6, 6.07) is 1.12. The second-order valence-corrected chi connectivity index (χ2v) is 5.62. The third-order valence-electron chi connectivity index (χ3n) is 3.25. The van der Waals surface area contributed by atoms with Crippen molar-refractivity contribution in [1.82, 2.24) is 9.55 Å². The molecule has 1 N–H and O–H groups in total. The number of hydrogen-bond acceptors (Lipinski definition) is 2. The number of imidazole rings is 1. The molecule has 0 aromatic carbocycles. The molecule has 1 aromatic heterocycles. The van der Waals surface area contributed by atoms with Crippen LogP contribution in [0.2, 0.25) is 0 Å². The summed E-state index contributed by atoms with van der Waals surface area (Å²) in [5.41, 5.74) is 0.265. The van der Waals surface area contributed by atoms with Crippen molar-refractivity contribution >= 4 is 5.95 Å². The lowest BCUT2D eigenvalue weighted by molar-refractivity contribution is 0.264. The van der Waals surface area contributed by atoms with Crippen LogP contribution in [-0.2, 0) is 0 Å². The molecule has 3 heteroatoms. The fourth-order valence-electron chi connectivity index (χ4n) is 1.56. The lowest BCUT2D eigenvalue weighted by Gasteiger charge is -2.29. The van der Waals surface area contributed by atoms with Crippen molar-refractivity contribution in [3.8, 4) is 0 Å². The summed E-state index contributed by atoms with van der Waals surface area (Å²) >= 11 is 0. The quantitative estimate of drug-likeness (QED) is 0.825. The maximum absolute atomic E-state index is 4.38. The first-order valence-electron chi connectivity index (χ1n) is 5.78. The molecule has 1 aliphatic carbocycles. The molecule has 0 spiro atoms. The van der Waals surface area contributed by atoms with E-state index in [-0.39, 0.29) is 5.41 Å². The highest BCUT2D eigenvalue weighted by molar-refractivity contribution is 5.30. The maximum atomic E-state index is 4.38. The van der Waals surface area contributed by atoms with E-state index >= 15 is 0 Å². The Kier molecular flexibility index (Phi) is 2.49. The molecule has 15 heavy (non-hydrogen) atoms. The lowest BCUT2D eigenvalue weighted by Crippen LogP contribution is -2.23. The first-order valence-corrected chi connectivity index (χ1v) is 5.78. The van der Waals surface area contributed by atoms with E-state index in [4.69, 9.17) is 0 Å². The monoisotopic (exact) mass is 207 g/mol. The highest BCUT2D eigenvalue weighted by atomic mass is 15.2. The van der Waals surface area contributed by atoms with Crippen molar-refractivity contribution in [3.63, 3.8) is 0 Å². The van der Waals surface area contributed by atoms with Crippen LogP contribution in [0.15, 0.2) is 12.4 Å². The first kappa shape index (κ1) is 10.5. The smallest absolute Gasteiger partial charge is 0.203 e. The van der Waals surface area contributed by atoms with Crippen LogP contribution in [0.1, 0.15) is 46.6 Å². The minimum atomic E-state index is 0.265. The molecule has 0 radical (unpaired) electrons. The average Bonchev–Trinajstić information content (AvgIpc) is 2.80. The molecule has 0 bridgehead atoms. The van der Waals surface area contributed by atoms with Gasteiger partial charge in [-0.1, -0.05) is 20.8 Å².